The molecule has 3 aliphatic heterocycles. The van der Waals surface area contributed by atoms with Gasteiger partial charge in [-0.3, -0.25) is 34.3 Å². The molecule has 2 bridgehead atoms. The van der Waals surface area contributed by atoms with Crippen molar-refractivity contribution in [1.82, 2.24) is 15.1 Å². The number of nitrogens with one attached hydrogen (secondary N) is 1. The van der Waals surface area contributed by atoms with Gasteiger partial charge in [-0.25, -0.2) is 0 Å². The maximum atomic E-state index is 12.9. The maximum Gasteiger partial charge on any atom is 0.262 e. The number of nitrogens with two attached hydrogens (primary N) is 1. The minimum absolute atomic E-state index is 0.120. The van der Waals surface area contributed by atoms with Crippen LogP contribution in [0.3, 0.4) is 0 Å². The number of fused-ring (bicyclic) bond motifs is 3. The van der Waals surface area contributed by atoms with Crippen LogP contribution in [0.25, 0.3) is 0 Å². The zero-order valence-electron chi connectivity index (χ0n) is 16.1. The van der Waals surface area contributed by atoms with E-state index in [1.165, 1.54) is 6.42 Å². The lowest BCUT2D eigenvalue weighted by Gasteiger charge is -2.32. The Kier molecular flexibility index (Phi) is 4.29. The van der Waals surface area contributed by atoms with E-state index in [2.05, 4.69) is 10.2 Å². The van der Waals surface area contributed by atoms with Crippen LogP contribution in [0.4, 0.5) is 0 Å². The van der Waals surface area contributed by atoms with Crippen LogP contribution in [0, 0.1) is 11.8 Å². The normalized spacial score (nSPS) is 32.0. The summed E-state index contributed by atoms with van der Waals surface area (Å²) in [4.78, 5) is 52.7. The highest BCUT2D eigenvalue weighted by Gasteiger charge is 2.45. The smallest absolute Gasteiger partial charge is 0.262 e. The molecule has 8 nitrogen and oxygen atoms in total. The average molecular weight is 396 g/mol. The Hall–Kier alpha value is -2.58. The molecule has 29 heavy (non-hydrogen) atoms. The summed E-state index contributed by atoms with van der Waals surface area (Å²) < 4.78 is 0. The fourth-order valence-corrected chi connectivity index (χ4v) is 5.41. The molecule has 1 saturated carbocycles. The third kappa shape index (κ3) is 3.07. The van der Waals surface area contributed by atoms with Gasteiger partial charge < -0.3 is 5.73 Å². The molecular weight excluding hydrogens is 372 g/mol. The summed E-state index contributed by atoms with van der Waals surface area (Å²) in [5.74, 6) is -0.703. The number of amides is 4. The lowest BCUT2D eigenvalue weighted by atomic mass is 9.97. The van der Waals surface area contributed by atoms with E-state index < -0.39 is 23.8 Å². The van der Waals surface area contributed by atoms with E-state index in [0.717, 1.165) is 30.0 Å². The number of benzene rings is 1. The second kappa shape index (κ2) is 6.74. The van der Waals surface area contributed by atoms with Gasteiger partial charge in [-0.05, 0) is 48.8 Å². The highest BCUT2D eigenvalue weighted by atomic mass is 16.2. The standard InChI is InChI=1S/C21H24N4O4/c22-16-7-12-5-13(16)10-24(9-12)8-11-1-2-14-15(6-11)21(29)25(20(14)28)17-3-4-18(26)23-19(17)27/h1-2,6,12-13,16-17H,3-5,7-10,22H2,(H,23,26,27)/t12-,13-,16-,17?/m1/s1. The quantitative estimate of drug-likeness (QED) is 0.709. The van der Waals surface area contributed by atoms with Crippen LogP contribution in [0.2, 0.25) is 0 Å². The Bertz CT molecular complexity index is 927. The second-order valence-electron chi connectivity index (χ2n) is 8.78. The number of hydrogen-bond acceptors (Lipinski definition) is 6. The van der Waals surface area contributed by atoms with Gasteiger partial charge in [0.05, 0.1) is 11.1 Å². The fourth-order valence-electron chi connectivity index (χ4n) is 5.41. The van der Waals surface area contributed by atoms with Gasteiger partial charge >= 0.3 is 0 Å². The Morgan fingerprint density at radius 2 is 1.83 bits per heavy atom. The molecular formula is C21H24N4O4. The van der Waals surface area contributed by atoms with Crippen LogP contribution in [0.15, 0.2) is 18.2 Å². The zero-order chi connectivity index (χ0) is 20.3. The van der Waals surface area contributed by atoms with Gasteiger partial charge in [-0.15, -0.1) is 0 Å². The molecule has 1 unspecified atom stereocenters. The molecule has 3 heterocycles. The molecule has 0 aromatic heterocycles. The minimum Gasteiger partial charge on any atom is -0.327 e. The second-order valence-corrected chi connectivity index (χ2v) is 8.78. The van der Waals surface area contributed by atoms with E-state index in [9.17, 15) is 19.2 Å². The SMILES string of the molecule is N[C@@H]1C[C@H]2C[C@@H]1CN(Cc1ccc3c(c1)C(=O)N(C1CCC(=O)NC1=O)C3=O)C2. The van der Waals surface area contributed by atoms with Crippen molar-refractivity contribution >= 4 is 23.6 Å². The van der Waals surface area contributed by atoms with Gasteiger partial charge in [0.25, 0.3) is 11.8 Å². The molecule has 0 spiro atoms. The van der Waals surface area contributed by atoms with Gasteiger partial charge in [-0.2, -0.15) is 0 Å². The molecule has 4 amide bonds. The van der Waals surface area contributed by atoms with Gasteiger partial charge in [0.1, 0.15) is 6.04 Å². The van der Waals surface area contributed by atoms with E-state index >= 15 is 0 Å². The van der Waals surface area contributed by atoms with E-state index in [0.29, 0.717) is 29.5 Å². The summed E-state index contributed by atoms with van der Waals surface area (Å²) >= 11 is 0. The Morgan fingerprint density at radius 1 is 1.03 bits per heavy atom. The van der Waals surface area contributed by atoms with Gasteiger partial charge in [0.15, 0.2) is 0 Å². The monoisotopic (exact) mass is 396 g/mol. The van der Waals surface area contributed by atoms with E-state index in [1.807, 2.05) is 6.07 Å². The Morgan fingerprint density at radius 3 is 2.59 bits per heavy atom. The minimum atomic E-state index is -0.928. The van der Waals surface area contributed by atoms with Crippen molar-refractivity contribution in [3.63, 3.8) is 0 Å². The summed E-state index contributed by atoms with van der Waals surface area (Å²) in [6.45, 7) is 2.69. The third-order valence-corrected chi connectivity index (χ3v) is 6.77. The number of carbonyl (C=O) groups excluding carboxylic acids is 4. The number of hydrogen-bond donors (Lipinski definition) is 2. The van der Waals surface area contributed by atoms with Crippen molar-refractivity contribution in [2.75, 3.05) is 13.1 Å². The predicted molar refractivity (Wildman–Crippen MR) is 103 cm³/mol. The first-order valence-electron chi connectivity index (χ1n) is 10.2. The molecule has 4 atom stereocenters. The van der Waals surface area contributed by atoms with Crippen LogP contribution in [-0.4, -0.2) is 58.6 Å². The molecule has 5 rings (SSSR count). The van der Waals surface area contributed by atoms with Crippen LogP contribution in [-0.2, 0) is 16.1 Å². The molecule has 152 valence electrons. The van der Waals surface area contributed by atoms with Gasteiger partial charge in [0, 0.05) is 32.1 Å². The van der Waals surface area contributed by atoms with Crippen LogP contribution >= 0.6 is 0 Å². The van der Waals surface area contributed by atoms with Crippen LogP contribution in [0.5, 0.6) is 0 Å². The first-order chi connectivity index (χ1) is 13.9. The molecule has 3 fully saturated rings. The van der Waals surface area contributed by atoms with Crippen molar-refractivity contribution < 1.29 is 19.2 Å². The van der Waals surface area contributed by atoms with Crippen LogP contribution in [0.1, 0.15) is 52.0 Å². The van der Waals surface area contributed by atoms with E-state index in [4.69, 9.17) is 5.73 Å². The number of likely N-dealkylation sites (tertiary alicyclic amines) is 1. The molecule has 1 aromatic carbocycles. The van der Waals surface area contributed by atoms with Gasteiger partial charge in [-0.1, -0.05) is 6.07 Å². The first-order valence-corrected chi connectivity index (χ1v) is 10.2. The van der Waals surface area contributed by atoms with Crippen molar-refractivity contribution in [3.05, 3.63) is 34.9 Å². The van der Waals surface area contributed by atoms with E-state index in [1.54, 1.807) is 12.1 Å². The predicted octanol–water partition coefficient (Wildman–Crippen LogP) is 0.257. The lowest BCUT2D eigenvalue weighted by Crippen LogP contribution is -2.54. The summed E-state index contributed by atoms with van der Waals surface area (Å²) in [6.07, 6.45) is 2.57. The molecule has 1 aliphatic carbocycles. The maximum absolute atomic E-state index is 12.9. The number of carbonyl (C=O) groups is 4. The fraction of sp³-hybridized carbons (Fsp3) is 0.524. The summed E-state index contributed by atoms with van der Waals surface area (Å²) in [5.41, 5.74) is 7.86. The first kappa shape index (κ1) is 18.4. The highest BCUT2D eigenvalue weighted by molar-refractivity contribution is 6.23. The number of imide groups is 2. The molecule has 3 N–H and O–H groups in total. The summed E-state index contributed by atoms with van der Waals surface area (Å²) in [6, 6.07) is 4.70. The van der Waals surface area contributed by atoms with Crippen molar-refractivity contribution in [2.24, 2.45) is 17.6 Å². The number of rotatable bonds is 3. The van der Waals surface area contributed by atoms with Crippen molar-refractivity contribution in [1.29, 1.82) is 0 Å². The lowest BCUT2D eigenvalue weighted by molar-refractivity contribution is -0.136. The summed E-state index contributed by atoms with van der Waals surface area (Å²) in [5, 5.41) is 2.22. The molecule has 2 saturated heterocycles. The largest absolute Gasteiger partial charge is 0.327 e. The topological polar surface area (TPSA) is 113 Å². The number of nitrogens with zero attached hydrogens (tertiary/aromatic N) is 2. The molecule has 1 aromatic rings. The van der Waals surface area contributed by atoms with E-state index in [-0.39, 0.29) is 24.8 Å². The van der Waals surface area contributed by atoms with Crippen LogP contribution < -0.4 is 11.1 Å². The van der Waals surface area contributed by atoms with Crippen molar-refractivity contribution in [3.8, 4) is 0 Å². The number of piperidine rings is 2. The zero-order valence-corrected chi connectivity index (χ0v) is 16.1. The highest BCUT2D eigenvalue weighted by Crippen LogP contribution is 2.36. The Labute approximate surface area is 168 Å². The molecule has 0 radical (unpaired) electrons. The third-order valence-electron chi connectivity index (χ3n) is 6.77. The molecule has 8 heteroatoms. The molecule has 4 aliphatic rings. The summed E-state index contributed by atoms with van der Waals surface area (Å²) in [7, 11) is 0. The Balaban J connectivity index is 1.34. The van der Waals surface area contributed by atoms with Gasteiger partial charge in [0.2, 0.25) is 11.8 Å². The van der Waals surface area contributed by atoms with Crippen molar-refractivity contribution in [2.45, 2.75) is 44.3 Å². The average Bonchev–Trinajstić information content (AvgIpc) is 3.08.